The summed E-state index contributed by atoms with van der Waals surface area (Å²) in [6.45, 7) is 1.83. The van der Waals surface area contributed by atoms with Crippen molar-refractivity contribution < 1.29 is 12.8 Å². The Bertz CT molecular complexity index is 656. The van der Waals surface area contributed by atoms with Gasteiger partial charge in [-0.05, 0) is 47.5 Å². The number of pyridine rings is 1. The first-order valence-electron chi connectivity index (χ1n) is 6.12. The van der Waals surface area contributed by atoms with Crippen molar-refractivity contribution in [2.24, 2.45) is 0 Å². The van der Waals surface area contributed by atoms with Crippen molar-refractivity contribution in [3.63, 3.8) is 0 Å². The van der Waals surface area contributed by atoms with Gasteiger partial charge >= 0.3 is 0 Å². The second kappa shape index (κ2) is 6.51. The van der Waals surface area contributed by atoms with Crippen LogP contribution in [0, 0.1) is 0 Å². The third-order valence-electron chi connectivity index (χ3n) is 2.75. The summed E-state index contributed by atoms with van der Waals surface area (Å²) in [6, 6.07) is 5.02. The van der Waals surface area contributed by atoms with Gasteiger partial charge in [0.15, 0.2) is 0 Å². The molecule has 1 N–H and O–H groups in total. The number of hydrogen-bond donors (Lipinski definition) is 1. The zero-order chi connectivity index (χ0) is 14.6. The smallest absolute Gasteiger partial charge is 0.242 e. The number of nitrogens with one attached hydrogen (secondary N) is 1. The number of aryl methyl sites for hydroxylation is 1. The Morgan fingerprint density at radius 3 is 2.90 bits per heavy atom. The van der Waals surface area contributed by atoms with Crippen LogP contribution in [0.2, 0.25) is 0 Å². The maximum Gasteiger partial charge on any atom is 0.242 e. The van der Waals surface area contributed by atoms with Crippen molar-refractivity contribution in [1.82, 2.24) is 9.71 Å². The summed E-state index contributed by atoms with van der Waals surface area (Å²) in [7, 11) is -3.55. The Balaban J connectivity index is 1.97. The lowest BCUT2D eigenvalue weighted by atomic mass is 10.2. The Morgan fingerprint density at radius 2 is 2.25 bits per heavy atom. The van der Waals surface area contributed by atoms with E-state index in [0.29, 0.717) is 17.3 Å². The summed E-state index contributed by atoms with van der Waals surface area (Å²) in [4.78, 5) is 4.01. The normalized spacial score (nSPS) is 13.3. The molecule has 0 aliphatic rings. The fourth-order valence-electron chi connectivity index (χ4n) is 1.74. The topological polar surface area (TPSA) is 72.2 Å². The van der Waals surface area contributed by atoms with Crippen LogP contribution in [-0.4, -0.2) is 19.4 Å². The Kier molecular flexibility index (Phi) is 4.95. The van der Waals surface area contributed by atoms with E-state index in [1.54, 1.807) is 12.5 Å². The molecule has 0 aromatic carbocycles. The van der Waals surface area contributed by atoms with Crippen LogP contribution in [0.15, 0.2) is 50.6 Å². The molecule has 7 heteroatoms. The van der Waals surface area contributed by atoms with E-state index in [9.17, 15) is 8.42 Å². The Hall–Kier alpha value is -1.18. The monoisotopic (exact) mass is 358 g/mol. The lowest BCUT2D eigenvalue weighted by Gasteiger charge is -2.13. The zero-order valence-electron chi connectivity index (χ0n) is 10.9. The summed E-state index contributed by atoms with van der Waals surface area (Å²) in [5.74, 6) is 0.847. The molecule has 108 valence electrons. The first-order valence-corrected chi connectivity index (χ1v) is 8.40. The summed E-state index contributed by atoms with van der Waals surface area (Å²) >= 11 is 3.21. The molecular weight excluding hydrogens is 344 g/mol. The quantitative estimate of drug-likeness (QED) is 0.861. The minimum atomic E-state index is -3.55. The fraction of sp³-hybridized carbons (Fsp3) is 0.308. The molecule has 0 radical (unpaired) electrons. The van der Waals surface area contributed by atoms with Crippen molar-refractivity contribution in [3.8, 4) is 0 Å². The molecule has 5 nitrogen and oxygen atoms in total. The molecule has 20 heavy (non-hydrogen) atoms. The van der Waals surface area contributed by atoms with Crippen molar-refractivity contribution in [1.29, 1.82) is 0 Å². The highest BCUT2D eigenvalue weighted by molar-refractivity contribution is 9.10. The second-order valence-electron chi connectivity index (χ2n) is 4.48. The molecule has 0 spiro atoms. The summed E-state index contributed by atoms with van der Waals surface area (Å²) in [5.41, 5.74) is 0. The molecule has 0 aliphatic carbocycles. The lowest BCUT2D eigenvalue weighted by Crippen LogP contribution is -2.33. The largest absolute Gasteiger partial charge is 0.469 e. The van der Waals surface area contributed by atoms with E-state index in [2.05, 4.69) is 25.6 Å². The lowest BCUT2D eigenvalue weighted by molar-refractivity contribution is 0.480. The predicted molar refractivity (Wildman–Crippen MR) is 78.7 cm³/mol. The minimum Gasteiger partial charge on any atom is -0.469 e. The van der Waals surface area contributed by atoms with E-state index in [1.807, 2.05) is 19.1 Å². The van der Waals surface area contributed by atoms with E-state index in [0.717, 1.165) is 5.76 Å². The van der Waals surface area contributed by atoms with Gasteiger partial charge in [-0.25, -0.2) is 13.1 Å². The van der Waals surface area contributed by atoms with Gasteiger partial charge in [0, 0.05) is 29.3 Å². The fourth-order valence-corrected chi connectivity index (χ4v) is 3.53. The third-order valence-corrected chi connectivity index (χ3v) is 4.74. The van der Waals surface area contributed by atoms with Crippen molar-refractivity contribution in [2.45, 2.75) is 30.7 Å². The minimum absolute atomic E-state index is 0.150. The van der Waals surface area contributed by atoms with E-state index in [1.165, 1.54) is 12.3 Å². The van der Waals surface area contributed by atoms with Gasteiger partial charge in [0.05, 0.1) is 6.26 Å². The number of furan rings is 1. The molecule has 2 rings (SSSR count). The maximum absolute atomic E-state index is 12.2. The van der Waals surface area contributed by atoms with Crippen LogP contribution in [0.1, 0.15) is 19.1 Å². The highest BCUT2D eigenvalue weighted by Crippen LogP contribution is 2.15. The molecule has 0 bridgehead atoms. The van der Waals surface area contributed by atoms with Gasteiger partial charge in [0.2, 0.25) is 10.0 Å². The number of aromatic nitrogens is 1. The molecule has 1 atom stereocenters. The number of rotatable bonds is 6. The Morgan fingerprint density at radius 1 is 1.45 bits per heavy atom. The van der Waals surface area contributed by atoms with Crippen molar-refractivity contribution in [2.75, 3.05) is 0 Å². The molecule has 2 heterocycles. The first-order chi connectivity index (χ1) is 9.47. The molecule has 2 aromatic heterocycles. The molecule has 0 amide bonds. The van der Waals surface area contributed by atoms with E-state index < -0.39 is 10.0 Å². The predicted octanol–water partition coefficient (Wildman–Crippen LogP) is 2.74. The summed E-state index contributed by atoms with van der Waals surface area (Å²) in [5, 5.41) is 0. The molecule has 0 aliphatic heterocycles. The SMILES string of the molecule is CC(CCc1ccco1)NS(=O)(=O)c1cncc(Br)c1. The molecule has 0 saturated heterocycles. The maximum atomic E-state index is 12.2. The number of sulfonamides is 1. The summed E-state index contributed by atoms with van der Waals surface area (Å²) < 4.78 is 32.8. The van der Waals surface area contributed by atoms with E-state index in [4.69, 9.17) is 4.42 Å². The number of hydrogen-bond acceptors (Lipinski definition) is 4. The van der Waals surface area contributed by atoms with Gasteiger partial charge in [-0.15, -0.1) is 0 Å². The number of nitrogens with zero attached hydrogens (tertiary/aromatic N) is 1. The molecule has 0 saturated carbocycles. The van der Waals surface area contributed by atoms with Gasteiger partial charge in [-0.3, -0.25) is 4.98 Å². The van der Waals surface area contributed by atoms with Crippen LogP contribution in [0.4, 0.5) is 0 Å². The van der Waals surface area contributed by atoms with Crippen molar-refractivity contribution in [3.05, 3.63) is 47.1 Å². The first kappa shape index (κ1) is 15.2. The standard InChI is InChI=1S/C13H15BrN2O3S/c1-10(4-5-12-3-2-6-19-12)16-20(17,18)13-7-11(14)8-15-9-13/h2-3,6-10,16H,4-5H2,1H3. The average molecular weight is 359 g/mol. The molecule has 1 unspecified atom stereocenters. The highest BCUT2D eigenvalue weighted by Gasteiger charge is 2.18. The van der Waals surface area contributed by atoms with Crippen LogP contribution in [0.25, 0.3) is 0 Å². The summed E-state index contributed by atoms with van der Waals surface area (Å²) in [6.07, 6.45) is 5.82. The van der Waals surface area contributed by atoms with Gasteiger partial charge in [-0.2, -0.15) is 0 Å². The molecule has 0 fully saturated rings. The molecule has 2 aromatic rings. The highest BCUT2D eigenvalue weighted by atomic mass is 79.9. The van der Waals surface area contributed by atoms with E-state index >= 15 is 0 Å². The Labute approximate surface area is 126 Å². The van der Waals surface area contributed by atoms with Gasteiger partial charge in [-0.1, -0.05) is 0 Å². The van der Waals surface area contributed by atoms with Crippen molar-refractivity contribution >= 4 is 26.0 Å². The second-order valence-corrected chi connectivity index (χ2v) is 7.11. The third kappa shape index (κ3) is 4.16. The van der Waals surface area contributed by atoms with Crippen LogP contribution in [0.5, 0.6) is 0 Å². The number of halogens is 1. The molecular formula is C13H15BrN2O3S. The zero-order valence-corrected chi connectivity index (χ0v) is 13.3. The van der Waals surface area contributed by atoms with Gasteiger partial charge in [0.25, 0.3) is 0 Å². The van der Waals surface area contributed by atoms with Crippen LogP contribution in [-0.2, 0) is 16.4 Å². The van der Waals surface area contributed by atoms with Crippen LogP contribution < -0.4 is 4.72 Å². The van der Waals surface area contributed by atoms with Crippen LogP contribution >= 0.6 is 15.9 Å². The van der Waals surface area contributed by atoms with E-state index in [-0.39, 0.29) is 10.9 Å². The van der Waals surface area contributed by atoms with Gasteiger partial charge < -0.3 is 4.42 Å². The van der Waals surface area contributed by atoms with Crippen LogP contribution in [0.3, 0.4) is 0 Å². The average Bonchev–Trinajstić information content (AvgIpc) is 2.89. The van der Waals surface area contributed by atoms with Gasteiger partial charge in [0.1, 0.15) is 10.7 Å².